The van der Waals surface area contributed by atoms with Gasteiger partial charge in [0, 0.05) is 18.8 Å². The van der Waals surface area contributed by atoms with Crippen LogP contribution in [0.15, 0.2) is 63.7 Å². The summed E-state index contributed by atoms with van der Waals surface area (Å²) in [7, 11) is -8.44. The molecule has 0 spiro atoms. The summed E-state index contributed by atoms with van der Waals surface area (Å²) in [6.07, 6.45) is 0. The summed E-state index contributed by atoms with van der Waals surface area (Å²) in [4.78, 5) is 2.19. The third kappa shape index (κ3) is 7.20. The summed E-state index contributed by atoms with van der Waals surface area (Å²) in [6, 6.07) is 13.3. The van der Waals surface area contributed by atoms with Gasteiger partial charge in [0.1, 0.15) is 0 Å². The number of anilines is 1. The van der Waals surface area contributed by atoms with E-state index in [1.807, 2.05) is 24.3 Å². The SMILES string of the molecule is CCN(CC)c1ccc(N=Nc2ccc(S(=O)(=O)CCOS(=O)(=O)O)cc2)cc1. The Bertz CT molecular complexity index is 1030. The molecule has 0 amide bonds. The molecule has 11 heteroatoms. The predicted octanol–water partition coefficient (Wildman–Crippen LogP) is 3.54. The van der Waals surface area contributed by atoms with Crippen molar-refractivity contribution in [2.45, 2.75) is 18.7 Å². The average molecular weight is 442 g/mol. The number of azo groups is 1. The highest BCUT2D eigenvalue weighted by Crippen LogP contribution is 2.23. The van der Waals surface area contributed by atoms with Gasteiger partial charge >= 0.3 is 10.4 Å². The molecule has 0 atom stereocenters. The summed E-state index contributed by atoms with van der Waals surface area (Å²) in [6.45, 7) is 5.32. The number of sulfone groups is 1. The highest BCUT2D eigenvalue weighted by atomic mass is 32.3. The smallest absolute Gasteiger partial charge is 0.372 e. The highest BCUT2D eigenvalue weighted by Gasteiger charge is 2.16. The van der Waals surface area contributed by atoms with Crippen LogP contribution in [0.5, 0.6) is 0 Å². The third-order valence-corrected chi connectivity index (χ3v) is 6.20. The van der Waals surface area contributed by atoms with Crippen molar-refractivity contribution in [1.82, 2.24) is 0 Å². The van der Waals surface area contributed by atoms with E-state index in [1.165, 1.54) is 24.3 Å². The van der Waals surface area contributed by atoms with E-state index in [-0.39, 0.29) is 4.90 Å². The maximum Gasteiger partial charge on any atom is 0.397 e. The second-order valence-electron chi connectivity index (χ2n) is 5.95. The first-order valence-electron chi connectivity index (χ1n) is 8.86. The van der Waals surface area contributed by atoms with Crippen molar-refractivity contribution in [3.8, 4) is 0 Å². The lowest BCUT2D eigenvalue weighted by Crippen LogP contribution is -2.21. The lowest BCUT2D eigenvalue weighted by molar-refractivity contribution is 0.284. The zero-order valence-electron chi connectivity index (χ0n) is 16.1. The van der Waals surface area contributed by atoms with Gasteiger partial charge in [-0.1, -0.05) is 0 Å². The molecule has 9 nitrogen and oxygen atoms in total. The van der Waals surface area contributed by atoms with Gasteiger partial charge in [0.25, 0.3) is 0 Å². The Morgan fingerprint density at radius 3 is 1.79 bits per heavy atom. The molecule has 0 heterocycles. The molecule has 0 aliphatic rings. The van der Waals surface area contributed by atoms with Crippen LogP contribution in [-0.2, 0) is 24.4 Å². The van der Waals surface area contributed by atoms with Gasteiger partial charge in [0.05, 0.1) is 28.6 Å². The van der Waals surface area contributed by atoms with Crippen molar-refractivity contribution < 1.29 is 25.6 Å². The molecule has 0 unspecified atom stereocenters. The van der Waals surface area contributed by atoms with E-state index in [0.29, 0.717) is 11.4 Å². The number of rotatable bonds is 10. The zero-order valence-corrected chi connectivity index (χ0v) is 17.7. The first kappa shape index (κ1) is 22.9. The van der Waals surface area contributed by atoms with E-state index >= 15 is 0 Å². The van der Waals surface area contributed by atoms with Gasteiger partial charge in [-0.25, -0.2) is 12.6 Å². The molecule has 0 radical (unpaired) electrons. The van der Waals surface area contributed by atoms with E-state index in [9.17, 15) is 16.8 Å². The third-order valence-electron chi connectivity index (χ3n) is 4.04. The van der Waals surface area contributed by atoms with Crippen LogP contribution in [0.25, 0.3) is 0 Å². The second kappa shape index (κ2) is 9.92. The van der Waals surface area contributed by atoms with Gasteiger partial charge in [-0.05, 0) is 62.4 Å². The number of benzene rings is 2. The van der Waals surface area contributed by atoms with E-state index in [1.54, 1.807) is 0 Å². The van der Waals surface area contributed by atoms with E-state index in [0.717, 1.165) is 18.8 Å². The van der Waals surface area contributed by atoms with Gasteiger partial charge in [-0.15, -0.1) is 0 Å². The van der Waals surface area contributed by atoms with Gasteiger partial charge < -0.3 is 4.90 Å². The fourth-order valence-corrected chi connectivity index (χ4v) is 4.01. The second-order valence-corrected chi connectivity index (χ2v) is 9.15. The van der Waals surface area contributed by atoms with Crippen molar-refractivity contribution in [3.63, 3.8) is 0 Å². The lowest BCUT2D eigenvalue weighted by Gasteiger charge is -2.20. The molecule has 0 fully saturated rings. The summed E-state index contributed by atoms with van der Waals surface area (Å²) in [5.74, 6) is -0.591. The Hall–Kier alpha value is -2.34. The molecule has 29 heavy (non-hydrogen) atoms. The van der Waals surface area contributed by atoms with Crippen LogP contribution >= 0.6 is 0 Å². The van der Waals surface area contributed by atoms with Crippen molar-refractivity contribution in [1.29, 1.82) is 0 Å². The quantitative estimate of drug-likeness (QED) is 0.441. The average Bonchev–Trinajstić information content (AvgIpc) is 2.67. The largest absolute Gasteiger partial charge is 0.397 e. The van der Waals surface area contributed by atoms with Crippen LogP contribution in [-0.4, -0.2) is 46.8 Å². The number of hydrogen-bond donors (Lipinski definition) is 1. The van der Waals surface area contributed by atoms with Crippen molar-refractivity contribution in [2.24, 2.45) is 10.2 Å². The normalized spacial score (nSPS) is 12.4. The molecular formula is C18H23N3O6S2. The molecule has 0 aromatic heterocycles. The van der Waals surface area contributed by atoms with Crippen LogP contribution in [0, 0.1) is 0 Å². The predicted molar refractivity (Wildman–Crippen MR) is 110 cm³/mol. The number of hydrogen-bond acceptors (Lipinski definition) is 8. The molecule has 0 saturated carbocycles. The Kier molecular flexibility index (Phi) is 7.85. The molecule has 1 N–H and O–H groups in total. The molecular weight excluding hydrogens is 418 g/mol. The minimum Gasteiger partial charge on any atom is -0.372 e. The molecule has 2 aromatic carbocycles. The maximum atomic E-state index is 12.1. The Labute approximate surface area is 170 Å². The molecule has 0 aliphatic heterocycles. The topological polar surface area (TPSA) is 126 Å². The molecule has 0 saturated heterocycles. The van der Waals surface area contributed by atoms with Crippen LogP contribution in [0.1, 0.15) is 13.8 Å². The van der Waals surface area contributed by atoms with Gasteiger partial charge in [0.15, 0.2) is 9.84 Å². The standard InChI is InChI=1S/C18H23N3O6S2/c1-3-21(4-2)17-9-5-15(6-10-17)19-20-16-7-11-18(12-8-16)28(22,23)14-13-27-29(24,25)26/h5-12H,3-4,13-14H2,1-2H3,(H,24,25,26). The van der Waals surface area contributed by atoms with Gasteiger partial charge in [0.2, 0.25) is 0 Å². The Morgan fingerprint density at radius 2 is 1.34 bits per heavy atom. The van der Waals surface area contributed by atoms with E-state index < -0.39 is 32.6 Å². The fraction of sp³-hybridized carbons (Fsp3) is 0.333. The fourth-order valence-electron chi connectivity index (χ4n) is 2.52. The van der Waals surface area contributed by atoms with Crippen LogP contribution < -0.4 is 4.90 Å². The summed E-state index contributed by atoms with van der Waals surface area (Å²) >= 11 is 0. The van der Waals surface area contributed by atoms with Crippen LogP contribution in [0.2, 0.25) is 0 Å². The van der Waals surface area contributed by atoms with E-state index in [2.05, 4.69) is 33.2 Å². The molecule has 0 bridgehead atoms. The van der Waals surface area contributed by atoms with Crippen LogP contribution in [0.4, 0.5) is 17.1 Å². The molecule has 0 aliphatic carbocycles. The first-order chi connectivity index (χ1) is 13.6. The summed E-state index contributed by atoms with van der Waals surface area (Å²) < 4.78 is 57.7. The van der Waals surface area contributed by atoms with Crippen molar-refractivity contribution in [2.75, 3.05) is 30.3 Å². The Morgan fingerprint density at radius 1 is 0.862 bits per heavy atom. The minimum atomic E-state index is -4.67. The highest BCUT2D eigenvalue weighted by molar-refractivity contribution is 7.91. The van der Waals surface area contributed by atoms with Crippen molar-refractivity contribution in [3.05, 3.63) is 48.5 Å². The first-order valence-corrected chi connectivity index (χ1v) is 11.9. The summed E-state index contributed by atoms with van der Waals surface area (Å²) in [5, 5.41) is 8.23. The summed E-state index contributed by atoms with van der Waals surface area (Å²) in [5.41, 5.74) is 2.23. The van der Waals surface area contributed by atoms with Crippen LogP contribution in [0.3, 0.4) is 0 Å². The van der Waals surface area contributed by atoms with Crippen molar-refractivity contribution >= 4 is 37.3 Å². The Balaban J connectivity index is 2.03. The van der Waals surface area contributed by atoms with Gasteiger partial charge in [-0.3, -0.25) is 4.55 Å². The lowest BCUT2D eigenvalue weighted by atomic mass is 10.2. The number of nitrogens with zero attached hydrogens (tertiary/aromatic N) is 3. The van der Waals surface area contributed by atoms with Gasteiger partial charge in [-0.2, -0.15) is 18.6 Å². The minimum absolute atomic E-state index is 0.0148. The zero-order chi connectivity index (χ0) is 21.5. The maximum absolute atomic E-state index is 12.1. The monoisotopic (exact) mass is 441 g/mol. The molecule has 2 aromatic rings. The molecule has 2 rings (SSSR count). The van der Waals surface area contributed by atoms with E-state index in [4.69, 9.17) is 4.55 Å². The molecule has 158 valence electrons.